The topological polar surface area (TPSA) is 47.5 Å². The molecule has 5 aromatic carbocycles. The van der Waals surface area contributed by atoms with Crippen molar-refractivity contribution in [1.29, 1.82) is 0 Å². The minimum Gasteiger partial charge on any atom is -0.292 e. The van der Waals surface area contributed by atoms with Crippen LogP contribution < -0.4 is 0 Å². The number of aromatic nitrogens is 5. The standard InChI is InChI=1S/C33H19N5/c1-3-11-25-23(10-1)33-36-27-13-5-8-16-30(27)38(33)31(34-25)20-17-18-22-24(19-20)21-9-2-6-14-28(21)37-29-15-7-4-12-26(29)35-32(22)37/h1-19H. The van der Waals surface area contributed by atoms with E-state index in [1.165, 1.54) is 5.39 Å². The number of para-hydroxylation sites is 6. The van der Waals surface area contributed by atoms with Gasteiger partial charge >= 0.3 is 0 Å². The highest BCUT2D eigenvalue weighted by molar-refractivity contribution is 6.14. The second-order valence-electron chi connectivity index (χ2n) is 9.75. The minimum atomic E-state index is 0.881. The van der Waals surface area contributed by atoms with Crippen molar-refractivity contribution in [3.05, 3.63) is 115 Å². The van der Waals surface area contributed by atoms with Gasteiger partial charge in [0.2, 0.25) is 0 Å². The van der Waals surface area contributed by atoms with Gasteiger partial charge in [-0.2, -0.15) is 0 Å². The van der Waals surface area contributed by atoms with E-state index in [2.05, 4.69) is 99.8 Å². The zero-order valence-corrected chi connectivity index (χ0v) is 20.2. The number of rotatable bonds is 1. The van der Waals surface area contributed by atoms with Crippen molar-refractivity contribution in [3.8, 4) is 11.4 Å². The van der Waals surface area contributed by atoms with Crippen molar-refractivity contribution >= 4 is 65.9 Å². The van der Waals surface area contributed by atoms with Gasteiger partial charge in [-0.1, -0.05) is 60.7 Å². The summed E-state index contributed by atoms with van der Waals surface area (Å²) < 4.78 is 4.48. The van der Waals surface area contributed by atoms with E-state index in [1.807, 2.05) is 24.3 Å². The van der Waals surface area contributed by atoms with Crippen LogP contribution in [0.4, 0.5) is 0 Å². The van der Waals surface area contributed by atoms with Crippen molar-refractivity contribution in [1.82, 2.24) is 23.8 Å². The second kappa shape index (κ2) is 7.14. The number of hydrogen-bond acceptors (Lipinski definition) is 3. The van der Waals surface area contributed by atoms with E-state index >= 15 is 0 Å². The maximum absolute atomic E-state index is 5.18. The van der Waals surface area contributed by atoms with Gasteiger partial charge in [-0.05, 0) is 60.0 Å². The summed E-state index contributed by atoms with van der Waals surface area (Å²) in [4.78, 5) is 15.3. The average Bonchev–Trinajstić information content (AvgIpc) is 3.56. The fourth-order valence-electron chi connectivity index (χ4n) is 5.99. The Morgan fingerprint density at radius 1 is 0.395 bits per heavy atom. The molecule has 0 amide bonds. The minimum absolute atomic E-state index is 0.881. The van der Waals surface area contributed by atoms with Crippen molar-refractivity contribution in [3.63, 3.8) is 0 Å². The molecule has 0 aliphatic heterocycles. The van der Waals surface area contributed by atoms with Gasteiger partial charge < -0.3 is 0 Å². The first-order valence-corrected chi connectivity index (χ1v) is 12.7. The maximum atomic E-state index is 5.18. The Morgan fingerprint density at radius 3 is 1.74 bits per heavy atom. The van der Waals surface area contributed by atoms with Crippen molar-refractivity contribution in [2.75, 3.05) is 0 Å². The normalized spacial score (nSPS) is 12.2. The Bertz CT molecular complexity index is 2410. The average molecular weight is 486 g/mol. The van der Waals surface area contributed by atoms with Crippen LogP contribution in [-0.2, 0) is 0 Å². The molecule has 9 rings (SSSR count). The highest BCUT2D eigenvalue weighted by atomic mass is 15.1. The fourth-order valence-corrected chi connectivity index (χ4v) is 5.99. The summed E-state index contributed by atoms with van der Waals surface area (Å²) in [5.74, 6) is 0.881. The van der Waals surface area contributed by atoms with Crippen LogP contribution in [0.2, 0.25) is 0 Å². The van der Waals surface area contributed by atoms with Crippen LogP contribution in [-0.4, -0.2) is 23.8 Å². The van der Waals surface area contributed by atoms with Gasteiger partial charge in [-0.3, -0.25) is 8.80 Å². The van der Waals surface area contributed by atoms with Gasteiger partial charge in [0.15, 0.2) is 0 Å². The second-order valence-corrected chi connectivity index (χ2v) is 9.75. The summed E-state index contributed by atoms with van der Waals surface area (Å²) in [5, 5.41) is 4.52. The molecular weight excluding hydrogens is 466 g/mol. The van der Waals surface area contributed by atoms with Crippen LogP contribution in [0.5, 0.6) is 0 Å². The summed E-state index contributed by atoms with van der Waals surface area (Å²) in [6, 6.07) is 40.1. The quantitative estimate of drug-likeness (QED) is 0.223. The third-order valence-electron chi connectivity index (χ3n) is 7.66. The Balaban J connectivity index is 1.45. The number of nitrogens with zero attached hydrogens (tertiary/aromatic N) is 5. The summed E-state index contributed by atoms with van der Waals surface area (Å²) in [7, 11) is 0. The predicted octanol–water partition coefficient (Wildman–Crippen LogP) is 7.81. The molecule has 0 aliphatic carbocycles. The molecule has 5 nitrogen and oxygen atoms in total. The first-order chi connectivity index (χ1) is 18.8. The lowest BCUT2D eigenvalue weighted by Gasteiger charge is -2.12. The molecule has 38 heavy (non-hydrogen) atoms. The molecule has 0 bridgehead atoms. The number of imidazole rings is 2. The summed E-state index contributed by atoms with van der Waals surface area (Å²) >= 11 is 0. The van der Waals surface area contributed by atoms with E-state index in [9.17, 15) is 0 Å². The van der Waals surface area contributed by atoms with Crippen LogP contribution in [0, 0.1) is 0 Å². The van der Waals surface area contributed by atoms with Gasteiger partial charge in [0, 0.05) is 21.7 Å². The van der Waals surface area contributed by atoms with Crippen LogP contribution in [0.15, 0.2) is 115 Å². The molecule has 9 aromatic rings. The molecule has 0 fully saturated rings. The zero-order valence-electron chi connectivity index (χ0n) is 20.2. The van der Waals surface area contributed by atoms with Crippen LogP contribution in [0.25, 0.3) is 77.3 Å². The molecule has 5 heteroatoms. The van der Waals surface area contributed by atoms with Gasteiger partial charge in [0.25, 0.3) is 0 Å². The predicted molar refractivity (Wildman–Crippen MR) is 155 cm³/mol. The number of benzene rings is 5. The molecule has 0 unspecified atom stereocenters. The smallest absolute Gasteiger partial charge is 0.149 e. The van der Waals surface area contributed by atoms with E-state index in [0.717, 1.165) is 71.9 Å². The Labute approximate surface area is 216 Å². The first kappa shape index (κ1) is 19.8. The molecule has 0 saturated carbocycles. The number of hydrogen-bond donors (Lipinski definition) is 0. The molecule has 176 valence electrons. The largest absolute Gasteiger partial charge is 0.292 e. The SMILES string of the molecule is c1ccc2c(c1)nc(-c1ccc3c(c1)c1ccccc1n1c4ccccc4nc31)n1c3ccccc3nc21. The maximum Gasteiger partial charge on any atom is 0.149 e. The Hall–Kier alpha value is -5.29. The molecule has 4 heterocycles. The molecule has 0 N–H and O–H groups in total. The lowest BCUT2D eigenvalue weighted by atomic mass is 10.0. The number of pyridine rings is 1. The summed E-state index contributed by atoms with van der Waals surface area (Å²) in [6.45, 7) is 0. The number of fused-ring (bicyclic) bond motifs is 13. The van der Waals surface area contributed by atoms with Gasteiger partial charge in [-0.25, -0.2) is 15.0 Å². The molecule has 0 atom stereocenters. The highest BCUT2D eigenvalue weighted by Gasteiger charge is 2.18. The third kappa shape index (κ3) is 2.52. The van der Waals surface area contributed by atoms with Crippen molar-refractivity contribution in [2.45, 2.75) is 0 Å². The first-order valence-electron chi connectivity index (χ1n) is 12.7. The van der Waals surface area contributed by atoms with E-state index in [1.54, 1.807) is 0 Å². The summed E-state index contributed by atoms with van der Waals surface area (Å²) in [5.41, 5.74) is 9.14. The van der Waals surface area contributed by atoms with Gasteiger partial charge in [-0.15, -0.1) is 0 Å². The Kier molecular flexibility index (Phi) is 3.73. The van der Waals surface area contributed by atoms with Crippen LogP contribution in [0.3, 0.4) is 0 Å². The van der Waals surface area contributed by atoms with Crippen molar-refractivity contribution in [2.24, 2.45) is 0 Å². The summed E-state index contributed by atoms with van der Waals surface area (Å²) in [6.07, 6.45) is 0. The van der Waals surface area contributed by atoms with Crippen LogP contribution >= 0.6 is 0 Å². The van der Waals surface area contributed by atoms with E-state index in [-0.39, 0.29) is 0 Å². The van der Waals surface area contributed by atoms with E-state index in [4.69, 9.17) is 15.0 Å². The lowest BCUT2D eigenvalue weighted by Crippen LogP contribution is -1.98. The fraction of sp³-hybridized carbons (Fsp3) is 0. The van der Waals surface area contributed by atoms with E-state index in [0.29, 0.717) is 0 Å². The molecule has 0 radical (unpaired) electrons. The van der Waals surface area contributed by atoms with Crippen LogP contribution in [0.1, 0.15) is 0 Å². The monoisotopic (exact) mass is 485 g/mol. The molecule has 0 spiro atoms. The molecule has 0 aliphatic rings. The molecule has 0 saturated heterocycles. The Morgan fingerprint density at radius 2 is 0.974 bits per heavy atom. The molecule has 4 aromatic heterocycles. The lowest BCUT2D eigenvalue weighted by molar-refractivity contribution is 1.16. The molecular formula is C33H19N5. The zero-order chi connectivity index (χ0) is 24.8. The van der Waals surface area contributed by atoms with Gasteiger partial charge in [0.05, 0.1) is 33.1 Å². The van der Waals surface area contributed by atoms with Gasteiger partial charge in [0.1, 0.15) is 17.1 Å². The van der Waals surface area contributed by atoms with E-state index < -0.39 is 0 Å². The van der Waals surface area contributed by atoms with Crippen molar-refractivity contribution < 1.29 is 0 Å². The third-order valence-corrected chi connectivity index (χ3v) is 7.66. The highest BCUT2D eigenvalue weighted by Crippen LogP contribution is 2.36.